The summed E-state index contributed by atoms with van der Waals surface area (Å²) in [5, 5.41) is 18.5. The lowest BCUT2D eigenvalue weighted by Crippen LogP contribution is -2.26. The maximum Gasteiger partial charge on any atom is 0.490 e. The summed E-state index contributed by atoms with van der Waals surface area (Å²) in [4.78, 5) is 47.2. The minimum absolute atomic E-state index is 0.221. The van der Waals surface area contributed by atoms with Crippen LogP contribution in [0.2, 0.25) is 10.2 Å². The Morgan fingerprint density at radius 3 is 2.48 bits per heavy atom. The zero-order valence-electron chi connectivity index (χ0n) is 26.2. The number of hydrogen-bond acceptors (Lipinski definition) is 8. The first-order chi connectivity index (χ1) is 23.8. The van der Waals surface area contributed by atoms with Gasteiger partial charge in [-0.25, -0.2) is 24.2 Å². The highest BCUT2D eigenvalue weighted by Gasteiger charge is 2.38. The summed E-state index contributed by atoms with van der Waals surface area (Å²) in [6, 6.07) is 12.2. The number of alkyl halides is 3. The first-order valence-corrected chi connectivity index (χ1v) is 15.9. The molecule has 0 unspecified atom stereocenters. The minimum atomic E-state index is -5.08. The normalized spacial score (nSPS) is 14.6. The van der Waals surface area contributed by atoms with Crippen molar-refractivity contribution in [1.82, 2.24) is 34.5 Å². The lowest BCUT2D eigenvalue weighted by atomic mass is 9.97. The molecule has 0 saturated heterocycles. The summed E-state index contributed by atoms with van der Waals surface area (Å²) in [5.74, 6) is -2.08. The van der Waals surface area contributed by atoms with E-state index in [9.17, 15) is 22.8 Å². The van der Waals surface area contributed by atoms with Gasteiger partial charge in [0.25, 0.3) is 5.56 Å². The Morgan fingerprint density at radius 1 is 1.04 bits per heavy atom. The molecule has 6 rings (SSSR count). The van der Waals surface area contributed by atoms with Gasteiger partial charge in [-0.1, -0.05) is 53.7 Å². The lowest BCUT2D eigenvalue weighted by Gasteiger charge is -2.19. The number of imidazole rings is 1. The van der Waals surface area contributed by atoms with Crippen LogP contribution in [0.3, 0.4) is 0 Å². The summed E-state index contributed by atoms with van der Waals surface area (Å²) >= 11 is 12.3. The Balaban J connectivity index is 0.000000630. The van der Waals surface area contributed by atoms with Crippen LogP contribution in [0.1, 0.15) is 49.5 Å². The second-order valence-corrected chi connectivity index (χ2v) is 11.9. The maximum atomic E-state index is 13.6. The molecule has 0 radical (unpaired) electrons. The third-order valence-corrected chi connectivity index (χ3v) is 8.17. The van der Waals surface area contributed by atoms with Gasteiger partial charge in [0.15, 0.2) is 5.15 Å². The van der Waals surface area contributed by atoms with Crippen molar-refractivity contribution in [2.45, 2.75) is 50.7 Å². The monoisotopic (exact) mass is 732 g/mol. The van der Waals surface area contributed by atoms with E-state index in [1.165, 1.54) is 17.9 Å². The topological polar surface area (TPSA) is 170 Å². The number of nitrogens with zero attached hydrogens (tertiary/aromatic N) is 6. The van der Waals surface area contributed by atoms with Crippen LogP contribution in [0.5, 0.6) is 0 Å². The van der Waals surface area contributed by atoms with Crippen LogP contribution in [0.25, 0.3) is 28.2 Å². The Kier molecular flexibility index (Phi) is 11.2. The van der Waals surface area contributed by atoms with Gasteiger partial charge in [0.1, 0.15) is 5.82 Å². The number of hydrogen-bond donors (Lipinski definition) is 3. The Hall–Kier alpha value is -5.22. The summed E-state index contributed by atoms with van der Waals surface area (Å²) in [5.41, 5.74) is 4.98. The number of carboxylic acids is 1. The second-order valence-electron chi connectivity index (χ2n) is 11.1. The molecule has 1 amide bonds. The Labute approximate surface area is 292 Å². The minimum Gasteiger partial charge on any atom is -0.475 e. The second kappa shape index (κ2) is 15.6. The number of fused-ring (bicyclic) bond motifs is 4. The molecule has 1 aliphatic heterocycles. The van der Waals surface area contributed by atoms with Crippen molar-refractivity contribution in [2.75, 3.05) is 12.4 Å². The SMILES string of the molecule is COC(=O)Nc1ccc2c(c1)CCCCCC[C@H](n1cnc(-c3cc(Cl)ccc3-n3cc(Cl)nn3)cc1=O)c1nc-2c[nH]1.O=C(O)C(F)(F)F. The number of nitrogens with one attached hydrogen (secondary N) is 2. The molecule has 50 heavy (non-hydrogen) atoms. The van der Waals surface area contributed by atoms with Gasteiger partial charge in [-0.3, -0.25) is 14.7 Å². The van der Waals surface area contributed by atoms with E-state index in [1.807, 2.05) is 24.4 Å². The van der Waals surface area contributed by atoms with Crippen LogP contribution in [-0.2, 0) is 16.0 Å². The fraction of sp³-hybridized carbons (Fsp3) is 0.281. The zero-order valence-corrected chi connectivity index (χ0v) is 27.8. The van der Waals surface area contributed by atoms with Crippen LogP contribution >= 0.6 is 23.2 Å². The van der Waals surface area contributed by atoms with Crippen LogP contribution < -0.4 is 10.9 Å². The molecule has 0 aliphatic carbocycles. The van der Waals surface area contributed by atoms with Crippen LogP contribution in [0.4, 0.5) is 23.7 Å². The van der Waals surface area contributed by atoms with Gasteiger partial charge in [-0.2, -0.15) is 13.2 Å². The van der Waals surface area contributed by atoms with Crippen molar-refractivity contribution in [1.29, 1.82) is 0 Å². The molecule has 1 aliphatic rings. The standard InChI is InChI=1S/C30H28Cl2N8O3.C2HF3O2/c1-43-30(42)35-20-9-10-21-18(12-20)6-4-2-3-5-7-26(29-33-15-24(21)36-29)39-17-34-23(14-28(39)41)22-13-19(31)8-11-25(22)40-16-27(32)37-38-40;3-2(4,5)1(6)7/h8-17,26H,2-7H2,1H3,(H,33,36)(H,35,42);(H,6,7)/t26-;/m0./s1. The van der Waals surface area contributed by atoms with Crippen LogP contribution in [0, 0.1) is 0 Å². The van der Waals surface area contributed by atoms with E-state index in [0.29, 0.717) is 33.5 Å². The molecule has 0 spiro atoms. The summed E-state index contributed by atoms with van der Waals surface area (Å²) in [6.45, 7) is 0. The number of carboxylic acid groups (broad SMARTS) is 1. The number of aliphatic carboxylic acids is 1. The average molecular weight is 734 g/mol. The fourth-order valence-corrected chi connectivity index (χ4v) is 5.72. The number of H-pyrrole nitrogens is 1. The predicted molar refractivity (Wildman–Crippen MR) is 178 cm³/mol. The molecule has 1 atom stereocenters. The number of rotatable bonds is 4. The van der Waals surface area contributed by atoms with E-state index in [1.54, 1.807) is 35.3 Å². The number of carbonyl (C=O) groups excluding carboxylic acids is 1. The highest BCUT2D eigenvalue weighted by molar-refractivity contribution is 6.31. The number of carbonyl (C=O) groups is 2. The number of ether oxygens (including phenoxy) is 1. The van der Waals surface area contributed by atoms with E-state index >= 15 is 0 Å². The average Bonchev–Trinajstić information content (AvgIpc) is 3.74. The molecule has 5 aromatic rings. The summed E-state index contributed by atoms with van der Waals surface area (Å²) in [7, 11) is 1.34. The largest absolute Gasteiger partial charge is 0.490 e. The van der Waals surface area contributed by atoms with Crippen LogP contribution in [0.15, 0.2) is 66.0 Å². The van der Waals surface area contributed by atoms with Gasteiger partial charge in [0.2, 0.25) is 0 Å². The van der Waals surface area contributed by atoms with Crippen molar-refractivity contribution in [3.8, 4) is 28.2 Å². The number of halogens is 5. The summed E-state index contributed by atoms with van der Waals surface area (Å²) < 4.78 is 39.6. The Bertz CT molecular complexity index is 2060. The van der Waals surface area contributed by atoms with Gasteiger partial charge in [-0.15, -0.1) is 5.10 Å². The third kappa shape index (κ3) is 8.67. The predicted octanol–water partition coefficient (Wildman–Crippen LogP) is 7.10. The van der Waals surface area contributed by atoms with Crippen molar-refractivity contribution in [3.63, 3.8) is 0 Å². The highest BCUT2D eigenvalue weighted by Crippen LogP contribution is 2.32. The van der Waals surface area contributed by atoms with Crippen molar-refractivity contribution >= 4 is 41.0 Å². The third-order valence-electron chi connectivity index (χ3n) is 7.76. The first-order valence-electron chi connectivity index (χ1n) is 15.1. The molecule has 262 valence electrons. The van der Waals surface area contributed by atoms with E-state index < -0.39 is 18.2 Å². The van der Waals surface area contributed by atoms with E-state index in [-0.39, 0.29) is 16.8 Å². The molecule has 2 aromatic carbocycles. The molecule has 3 aromatic heterocycles. The highest BCUT2D eigenvalue weighted by atomic mass is 35.5. The van der Waals surface area contributed by atoms with Gasteiger partial charge in [-0.05, 0) is 55.2 Å². The smallest absolute Gasteiger partial charge is 0.475 e. The molecule has 0 saturated carbocycles. The van der Waals surface area contributed by atoms with Crippen LogP contribution in [-0.4, -0.2) is 65.0 Å². The molecule has 13 nitrogen and oxygen atoms in total. The molecule has 0 fully saturated rings. The number of methoxy groups -OCH3 is 1. The van der Waals surface area contributed by atoms with E-state index in [2.05, 4.69) is 25.6 Å². The number of benzene rings is 2. The number of anilines is 1. The van der Waals surface area contributed by atoms with Gasteiger partial charge >= 0.3 is 18.2 Å². The molecule has 18 heteroatoms. The number of aryl methyl sites for hydroxylation is 1. The quantitative estimate of drug-likeness (QED) is 0.174. The maximum absolute atomic E-state index is 13.6. The van der Waals surface area contributed by atoms with Crippen molar-refractivity contribution in [3.05, 3.63) is 93.1 Å². The van der Waals surface area contributed by atoms with Gasteiger partial charge < -0.3 is 14.8 Å². The zero-order chi connectivity index (χ0) is 36.0. The lowest BCUT2D eigenvalue weighted by molar-refractivity contribution is -0.192. The van der Waals surface area contributed by atoms with E-state index in [4.69, 9.17) is 42.8 Å². The van der Waals surface area contributed by atoms with Crippen molar-refractivity contribution < 1.29 is 32.6 Å². The first kappa shape index (κ1) is 36.1. The molecular weight excluding hydrogens is 704 g/mol. The van der Waals surface area contributed by atoms with E-state index in [0.717, 1.165) is 55.3 Å². The van der Waals surface area contributed by atoms with Crippen molar-refractivity contribution in [2.24, 2.45) is 0 Å². The number of aromatic nitrogens is 7. The Morgan fingerprint density at radius 2 is 1.80 bits per heavy atom. The fourth-order valence-electron chi connectivity index (χ4n) is 5.42. The molecule has 4 heterocycles. The van der Waals surface area contributed by atoms with Gasteiger partial charge in [0.05, 0.1) is 42.8 Å². The molecule has 2 bridgehead atoms. The number of amides is 1. The number of aromatic amines is 1. The van der Waals surface area contributed by atoms with Gasteiger partial charge in [0, 0.05) is 34.1 Å². The molecule has 3 N–H and O–H groups in total. The molecular formula is C32H29Cl2F3N8O5. The summed E-state index contributed by atoms with van der Waals surface area (Å²) in [6.07, 6.45) is 4.93.